The molecule has 0 unspecified atom stereocenters. The third kappa shape index (κ3) is 1.85. The number of aromatic nitrogens is 2. The van der Waals surface area contributed by atoms with E-state index in [-0.39, 0.29) is 5.69 Å². The van der Waals surface area contributed by atoms with E-state index in [1.54, 1.807) is 0 Å². The Morgan fingerprint density at radius 3 is 2.76 bits per heavy atom. The highest BCUT2D eigenvalue weighted by atomic mass is 35.5. The molecule has 1 aromatic carbocycles. The number of aromatic amines is 1. The Hall–Kier alpha value is -1.65. The molecular weight excluding hydrogens is 256 g/mol. The molecule has 0 aliphatic heterocycles. The average Bonchev–Trinajstić information content (AvgIpc) is 2.69. The predicted molar refractivity (Wildman–Crippen MR) is 70.7 cm³/mol. The molecule has 0 atom stereocenters. The summed E-state index contributed by atoms with van der Waals surface area (Å²) in [7, 11) is 0. The first-order valence-electron chi connectivity index (χ1n) is 4.99. The van der Waals surface area contributed by atoms with Crippen LogP contribution in [0, 0.1) is 0 Å². The minimum atomic E-state index is -0.352. The molecule has 2 heterocycles. The van der Waals surface area contributed by atoms with Gasteiger partial charge in [0.25, 0.3) is 0 Å². The molecule has 0 bridgehead atoms. The van der Waals surface area contributed by atoms with Crippen molar-refractivity contribution in [2.45, 2.75) is 0 Å². The first kappa shape index (κ1) is 10.5. The van der Waals surface area contributed by atoms with Gasteiger partial charge in [-0.2, -0.15) is 4.98 Å². The lowest BCUT2D eigenvalue weighted by molar-refractivity contribution is 1.13. The van der Waals surface area contributed by atoms with Crippen LogP contribution >= 0.6 is 22.9 Å². The highest BCUT2D eigenvalue weighted by molar-refractivity contribution is 7.22. The molecule has 0 amide bonds. The smallest absolute Gasteiger partial charge is 0.305 e. The van der Waals surface area contributed by atoms with Crippen LogP contribution in [0.25, 0.3) is 21.5 Å². The Kier molecular flexibility index (Phi) is 2.46. The van der Waals surface area contributed by atoms with Gasteiger partial charge in [-0.15, -0.1) is 11.3 Å². The van der Waals surface area contributed by atoms with Crippen molar-refractivity contribution in [2.24, 2.45) is 0 Å². The molecule has 0 aliphatic carbocycles. The fraction of sp³-hybridized carbons (Fsp3) is 0. The van der Waals surface area contributed by atoms with Crippen LogP contribution in [0.4, 0.5) is 0 Å². The van der Waals surface area contributed by atoms with Gasteiger partial charge in [0.05, 0.1) is 10.0 Å². The van der Waals surface area contributed by atoms with Crippen molar-refractivity contribution in [1.29, 1.82) is 0 Å². The second-order valence-electron chi connectivity index (χ2n) is 3.55. The lowest BCUT2D eigenvalue weighted by atomic mass is 10.1. The summed E-state index contributed by atoms with van der Waals surface area (Å²) in [6, 6.07) is 11.5. The maximum Gasteiger partial charge on any atom is 0.346 e. The Bertz CT molecular complexity index is 733. The molecule has 0 aliphatic rings. The molecule has 84 valence electrons. The van der Waals surface area contributed by atoms with Crippen molar-refractivity contribution < 1.29 is 0 Å². The molecule has 3 aromatic rings. The van der Waals surface area contributed by atoms with E-state index in [0.29, 0.717) is 9.17 Å². The normalized spacial score (nSPS) is 10.9. The van der Waals surface area contributed by atoms with Gasteiger partial charge in [0.1, 0.15) is 4.83 Å². The summed E-state index contributed by atoms with van der Waals surface area (Å²) in [6.45, 7) is 0. The Morgan fingerprint density at radius 2 is 2.00 bits per heavy atom. The molecule has 0 radical (unpaired) electrons. The summed E-state index contributed by atoms with van der Waals surface area (Å²) >= 11 is 7.27. The molecule has 0 spiro atoms. The minimum Gasteiger partial charge on any atom is -0.305 e. The average molecular weight is 263 g/mol. The highest BCUT2D eigenvalue weighted by Gasteiger charge is 2.09. The summed E-state index contributed by atoms with van der Waals surface area (Å²) in [5, 5.41) is 0.880. The number of benzene rings is 1. The number of nitrogens with one attached hydrogen (secondary N) is 1. The summed E-state index contributed by atoms with van der Waals surface area (Å²) in [5.41, 5.74) is 1.37. The highest BCUT2D eigenvalue weighted by Crippen LogP contribution is 2.32. The summed E-state index contributed by atoms with van der Waals surface area (Å²) in [4.78, 5) is 18.8. The summed E-state index contributed by atoms with van der Waals surface area (Å²) in [6.07, 6.45) is 0. The lowest BCUT2D eigenvalue weighted by Crippen LogP contribution is -2.10. The van der Waals surface area contributed by atoms with Gasteiger partial charge in [0.2, 0.25) is 0 Å². The number of hydrogen-bond acceptors (Lipinski definition) is 3. The number of nitrogens with zero attached hydrogens (tertiary/aromatic N) is 1. The van der Waals surface area contributed by atoms with E-state index in [9.17, 15) is 4.79 Å². The molecule has 0 fully saturated rings. The predicted octanol–water partition coefficient (Wildman–Crippen LogP) is 3.31. The van der Waals surface area contributed by atoms with Crippen LogP contribution in [-0.4, -0.2) is 9.97 Å². The molecule has 17 heavy (non-hydrogen) atoms. The molecule has 0 saturated carbocycles. The zero-order valence-corrected chi connectivity index (χ0v) is 10.2. The van der Waals surface area contributed by atoms with Crippen molar-refractivity contribution >= 4 is 33.2 Å². The maximum atomic E-state index is 11.5. The fourth-order valence-electron chi connectivity index (χ4n) is 1.74. The third-order valence-corrected chi connectivity index (χ3v) is 3.61. The standard InChI is InChI=1S/C12H7ClN2OS/c13-9-6-8-10(7-4-2-1-3-5-7)14-12(16)15-11(8)17-9/h1-6H,(H,14,15,16). The van der Waals surface area contributed by atoms with Crippen LogP contribution < -0.4 is 5.69 Å². The Labute approximate surface area is 106 Å². The van der Waals surface area contributed by atoms with Crippen LogP contribution in [-0.2, 0) is 0 Å². The molecule has 2 aromatic heterocycles. The van der Waals surface area contributed by atoms with Crippen LogP contribution in [0.2, 0.25) is 4.34 Å². The zero-order chi connectivity index (χ0) is 11.8. The van der Waals surface area contributed by atoms with Crippen molar-refractivity contribution in [1.82, 2.24) is 9.97 Å². The maximum absolute atomic E-state index is 11.5. The van der Waals surface area contributed by atoms with Crippen molar-refractivity contribution in [3.63, 3.8) is 0 Å². The van der Waals surface area contributed by atoms with Gasteiger partial charge in [-0.05, 0) is 11.6 Å². The van der Waals surface area contributed by atoms with Crippen molar-refractivity contribution in [2.75, 3.05) is 0 Å². The number of halogens is 1. The summed E-state index contributed by atoms with van der Waals surface area (Å²) < 4.78 is 0.628. The van der Waals surface area contributed by atoms with Crippen LogP contribution in [0.1, 0.15) is 0 Å². The number of fused-ring (bicyclic) bond motifs is 1. The van der Waals surface area contributed by atoms with Gasteiger partial charge in [0, 0.05) is 5.39 Å². The van der Waals surface area contributed by atoms with Gasteiger partial charge < -0.3 is 4.98 Å². The van der Waals surface area contributed by atoms with Crippen LogP contribution in [0.5, 0.6) is 0 Å². The summed E-state index contributed by atoms with van der Waals surface area (Å²) in [5.74, 6) is 0. The lowest BCUT2D eigenvalue weighted by Gasteiger charge is -2.01. The Morgan fingerprint density at radius 1 is 1.24 bits per heavy atom. The number of rotatable bonds is 1. The topological polar surface area (TPSA) is 45.8 Å². The monoisotopic (exact) mass is 262 g/mol. The SMILES string of the molecule is O=c1nc2sc(Cl)cc2c(-c2ccccc2)[nH]1. The largest absolute Gasteiger partial charge is 0.346 e. The fourth-order valence-corrected chi connectivity index (χ4v) is 2.83. The molecule has 5 heteroatoms. The van der Waals surface area contributed by atoms with Gasteiger partial charge in [-0.1, -0.05) is 41.9 Å². The number of H-pyrrole nitrogens is 1. The van der Waals surface area contributed by atoms with E-state index in [0.717, 1.165) is 16.6 Å². The minimum absolute atomic E-state index is 0.352. The second-order valence-corrected chi connectivity index (χ2v) is 5.21. The van der Waals surface area contributed by atoms with E-state index < -0.39 is 0 Å². The third-order valence-electron chi connectivity index (χ3n) is 2.45. The van der Waals surface area contributed by atoms with E-state index in [1.807, 2.05) is 36.4 Å². The van der Waals surface area contributed by atoms with Gasteiger partial charge in [-0.3, -0.25) is 0 Å². The first-order chi connectivity index (χ1) is 8.24. The Balaban J connectivity index is 2.39. The molecular formula is C12H7ClN2OS. The quantitative estimate of drug-likeness (QED) is 0.731. The van der Waals surface area contributed by atoms with Gasteiger partial charge in [0.15, 0.2) is 0 Å². The molecule has 3 rings (SSSR count). The van der Waals surface area contributed by atoms with Crippen LogP contribution in [0.3, 0.4) is 0 Å². The zero-order valence-electron chi connectivity index (χ0n) is 8.61. The van der Waals surface area contributed by atoms with E-state index in [2.05, 4.69) is 9.97 Å². The van der Waals surface area contributed by atoms with E-state index in [4.69, 9.17) is 11.6 Å². The van der Waals surface area contributed by atoms with Crippen molar-refractivity contribution in [3.05, 3.63) is 51.2 Å². The van der Waals surface area contributed by atoms with Crippen molar-refractivity contribution in [3.8, 4) is 11.3 Å². The first-order valence-corrected chi connectivity index (χ1v) is 6.18. The number of thiophene rings is 1. The van der Waals surface area contributed by atoms with Crippen LogP contribution in [0.15, 0.2) is 41.2 Å². The van der Waals surface area contributed by atoms with E-state index >= 15 is 0 Å². The molecule has 0 saturated heterocycles. The number of hydrogen-bond donors (Lipinski definition) is 1. The van der Waals surface area contributed by atoms with E-state index in [1.165, 1.54) is 11.3 Å². The van der Waals surface area contributed by atoms with Gasteiger partial charge in [-0.25, -0.2) is 4.79 Å². The molecule has 3 nitrogen and oxygen atoms in total. The van der Waals surface area contributed by atoms with Gasteiger partial charge >= 0.3 is 5.69 Å². The molecule has 1 N–H and O–H groups in total. The second kappa shape index (κ2) is 3.98.